The second-order valence-corrected chi connectivity index (χ2v) is 5.62. The SMILES string of the molecule is CCOC(CCN[C@H](C)C1CCCCCC1)OCC. The van der Waals surface area contributed by atoms with Crippen LogP contribution in [0.15, 0.2) is 0 Å². The predicted octanol–water partition coefficient (Wildman–Crippen LogP) is 3.72. The molecule has 1 atom stereocenters. The van der Waals surface area contributed by atoms with Crippen molar-refractivity contribution in [2.45, 2.75) is 78.0 Å². The van der Waals surface area contributed by atoms with Gasteiger partial charge in [-0.15, -0.1) is 0 Å². The summed E-state index contributed by atoms with van der Waals surface area (Å²) in [6.45, 7) is 8.82. The van der Waals surface area contributed by atoms with Crippen molar-refractivity contribution in [2.75, 3.05) is 19.8 Å². The topological polar surface area (TPSA) is 30.5 Å². The van der Waals surface area contributed by atoms with Crippen molar-refractivity contribution in [1.29, 1.82) is 0 Å². The van der Waals surface area contributed by atoms with Crippen LogP contribution in [-0.2, 0) is 9.47 Å². The summed E-state index contributed by atoms with van der Waals surface area (Å²) in [5.74, 6) is 0.861. The van der Waals surface area contributed by atoms with Crippen molar-refractivity contribution >= 4 is 0 Å². The summed E-state index contributed by atoms with van der Waals surface area (Å²) in [5, 5.41) is 3.67. The Bertz CT molecular complexity index is 197. The van der Waals surface area contributed by atoms with Crippen molar-refractivity contribution in [3.63, 3.8) is 0 Å². The summed E-state index contributed by atoms with van der Waals surface area (Å²) in [5.41, 5.74) is 0. The molecule has 0 bridgehead atoms. The predicted molar refractivity (Wildman–Crippen MR) is 80.3 cm³/mol. The van der Waals surface area contributed by atoms with Gasteiger partial charge in [0.25, 0.3) is 0 Å². The molecule has 3 nitrogen and oxygen atoms in total. The van der Waals surface area contributed by atoms with Crippen LogP contribution in [0.1, 0.15) is 65.7 Å². The highest BCUT2D eigenvalue weighted by Crippen LogP contribution is 2.25. The number of hydrogen-bond acceptors (Lipinski definition) is 3. The van der Waals surface area contributed by atoms with Gasteiger partial charge >= 0.3 is 0 Å². The highest BCUT2D eigenvalue weighted by Gasteiger charge is 2.18. The van der Waals surface area contributed by atoms with E-state index in [0.717, 1.165) is 32.1 Å². The minimum atomic E-state index is -0.0381. The van der Waals surface area contributed by atoms with E-state index < -0.39 is 0 Å². The Hall–Kier alpha value is -0.120. The molecule has 19 heavy (non-hydrogen) atoms. The lowest BCUT2D eigenvalue weighted by atomic mass is 9.93. The fourth-order valence-electron chi connectivity index (χ4n) is 2.99. The van der Waals surface area contributed by atoms with Gasteiger partial charge in [0.1, 0.15) is 0 Å². The fraction of sp³-hybridized carbons (Fsp3) is 1.00. The molecule has 0 aromatic carbocycles. The lowest BCUT2D eigenvalue weighted by Crippen LogP contribution is -2.36. The molecule has 3 heteroatoms. The van der Waals surface area contributed by atoms with Crippen LogP contribution < -0.4 is 5.32 Å². The minimum absolute atomic E-state index is 0.0381. The van der Waals surface area contributed by atoms with Gasteiger partial charge in [-0.05, 0) is 39.5 Å². The van der Waals surface area contributed by atoms with Gasteiger partial charge in [0, 0.05) is 32.2 Å². The molecule has 1 aliphatic carbocycles. The highest BCUT2D eigenvalue weighted by molar-refractivity contribution is 4.75. The lowest BCUT2D eigenvalue weighted by Gasteiger charge is -2.25. The molecule has 0 aromatic heterocycles. The minimum Gasteiger partial charge on any atom is -0.353 e. The second-order valence-electron chi connectivity index (χ2n) is 5.62. The smallest absolute Gasteiger partial charge is 0.158 e. The van der Waals surface area contributed by atoms with Gasteiger partial charge in [-0.1, -0.05) is 25.7 Å². The Morgan fingerprint density at radius 2 is 1.58 bits per heavy atom. The zero-order valence-corrected chi connectivity index (χ0v) is 13.1. The maximum atomic E-state index is 5.57. The van der Waals surface area contributed by atoms with E-state index in [1.54, 1.807) is 0 Å². The molecule has 0 aliphatic heterocycles. The van der Waals surface area contributed by atoms with E-state index in [9.17, 15) is 0 Å². The maximum absolute atomic E-state index is 5.57. The van der Waals surface area contributed by atoms with Crippen LogP contribution >= 0.6 is 0 Å². The third-order valence-corrected chi connectivity index (χ3v) is 4.16. The van der Waals surface area contributed by atoms with Crippen LogP contribution in [0.2, 0.25) is 0 Å². The zero-order chi connectivity index (χ0) is 13.9. The molecule has 114 valence electrons. The molecule has 1 fully saturated rings. The fourth-order valence-corrected chi connectivity index (χ4v) is 2.99. The summed E-state index contributed by atoms with van der Waals surface area (Å²) >= 11 is 0. The maximum Gasteiger partial charge on any atom is 0.158 e. The summed E-state index contributed by atoms with van der Waals surface area (Å²) in [6, 6.07) is 0.627. The van der Waals surface area contributed by atoms with Gasteiger partial charge in [0.15, 0.2) is 6.29 Å². The number of hydrogen-bond donors (Lipinski definition) is 1. The Labute approximate surface area is 119 Å². The van der Waals surface area contributed by atoms with Crippen LogP contribution in [0.3, 0.4) is 0 Å². The number of ether oxygens (including phenoxy) is 2. The van der Waals surface area contributed by atoms with E-state index in [0.29, 0.717) is 6.04 Å². The van der Waals surface area contributed by atoms with Gasteiger partial charge in [-0.3, -0.25) is 0 Å². The van der Waals surface area contributed by atoms with E-state index in [4.69, 9.17) is 9.47 Å². The first-order valence-corrected chi connectivity index (χ1v) is 8.24. The van der Waals surface area contributed by atoms with E-state index in [2.05, 4.69) is 12.2 Å². The molecular weight excluding hydrogens is 238 g/mol. The van der Waals surface area contributed by atoms with E-state index >= 15 is 0 Å². The molecule has 1 aliphatic rings. The molecule has 0 unspecified atom stereocenters. The first kappa shape index (κ1) is 16.9. The monoisotopic (exact) mass is 271 g/mol. The zero-order valence-electron chi connectivity index (χ0n) is 13.1. The van der Waals surface area contributed by atoms with Crippen molar-refractivity contribution in [3.05, 3.63) is 0 Å². The van der Waals surface area contributed by atoms with Crippen LogP contribution in [0.25, 0.3) is 0 Å². The molecule has 1 N–H and O–H groups in total. The standard InChI is InChI=1S/C16H33NO2/c1-4-18-16(19-5-2)12-13-17-14(3)15-10-8-6-7-9-11-15/h14-17H,4-13H2,1-3H3/t14-/m1/s1. The summed E-state index contributed by atoms with van der Waals surface area (Å²) in [7, 11) is 0. The Morgan fingerprint density at radius 1 is 1.00 bits per heavy atom. The molecule has 0 heterocycles. The Kier molecular flexibility index (Phi) is 9.48. The van der Waals surface area contributed by atoms with E-state index in [1.165, 1.54) is 38.5 Å². The quantitative estimate of drug-likeness (QED) is 0.512. The van der Waals surface area contributed by atoms with Crippen LogP contribution in [-0.4, -0.2) is 32.1 Å². The number of nitrogens with one attached hydrogen (secondary N) is 1. The molecule has 1 saturated carbocycles. The van der Waals surface area contributed by atoms with E-state index in [-0.39, 0.29) is 6.29 Å². The van der Waals surface area contributed by atoms with Crippen molar-refractivity contribution in [1.82, 2.24) is 5.32 Å². The average Bonchev–Trinajstić information content (AvgIpc) is 2.68. The lowest BCUT2D eigenvalue weighted by molar-refractivity contribution is -0.138. The van der Waals surface area contributed by atoms with Gasteiger partial charge in [-0.2, -0.15) is 0 Å². The highest BCUT2D eigenvalue weighted by atomic mass is 16.7. The molecular formula is C16H33NO2. The summed E-state index contributed by atoms with van der Waals surface area (Å²) in [4.78, 5) is 0. The second kappa shape index (κ2) is 10.6. The first-order valence-electron chi connectivity index (χ1n) is 8.24. The van der Waals surface area contributed by atoms with Gasteiger partial charge in [-0.25, -0.2) is 0 Å². The number of rotatable bonds is 9. The third-order valence-electron chi connectivity index (χ3n) is 4.16. The molecule has 0 radical (unpaired) electrons. The molecule has 0 aromatic rings. The van der Waals surface area contributed by atoms with Crippen molar-refractivity contribution < 1.29 is 9.47 Å². The molecule has 0 spiro atoms. The van der Waals surface area contributed by atoms with Crippen LogP contribution in [0.5, 0.6) is 0 Å². The average molecular weight is 271 g/mol. The normalized spacial score (nSPS) is 19.6. The van der Waals surface area contributed by atoms with Crippen molar-refractivity contribution in [3.8, 4) is 0 Å². The molecule has 0 saturated heterocycles. The first-order chi connectivity index (χ1) is 9.27. The Balaban J connectivity index is 2.18. The molecule has 0 amide bonds. The summed E-state index contributed by atoms with van der Waals surface area (Å²) in [6.07, 6.45) is 9.39. The third kappa shape index (κ3) is 7.28. The van der Waals surface area contributed by atoms with Gasteiger partial charge < -0.3 is 14.8 Å². The van der Waals surface area contributed by atoms with Gasteiger partial charge in [0.05, 0.1) is 0 Å². The summed E-state index contributed by atoms with van der Waals surface area (Å²) < 4.78 is 11.1. The van der Waals surface area contributed by atoms with Gasteiger partial charge in [0.2, 0.25) is 0 Å². The Morgan fingerprint density at radius 3 is 2.11 bits per heavy atom. The van der Waals surface area contributed by atoms with Crippen LogP contribution in [0, 0.1) is 5.92 Å². The van der Waals surface area contributed by atoms with Crippen molar-refractivity contribution in [2.24, 2.45) is 5.92 Å². The van der Waals surface area contributed by atoms with Crippen LogP contribution in [0.4, 0.5) is 0 Å². The van der Waals surface area contributed by atoms with E-state index in [1.807, 2.05) is 13.8 Å². The largest absolute Gasteiger partial charge is 0.353 e. The molecule has 1 rings (SSSR count).